The van der Waals surface area contributed by atoms with Gasteiger partial charge in [0.05, 0.1) is 5.60 Å². The van der Waals surface area contributed by atoms with Gasteiger partial charge in [-0.25, -0.2) is 0 Å². The molecule has 1 heteroatoms. The van der Waals surface area contributed by atoms with Crippen molar-refractivity contribution >= 4 is 0 Å². The molecule has 11 heavy (non-hydrogen) atoms. The Labute approximate surface area is 69.1 Å². The summed E-state index contributed by atoms with van der Waals surface area (Å²) < 4.78 is 0. The molecule has 0 aromatic heterocycles. The zero-order chi connectivity index (χ0) is 8.16. The average Bonchev–Trinajstić information content (AvgIpc) is 2.03. The summed E-state index contributed by atoms with van der Waals surface area (Å²) in [7, 11) is 0. The molecule has 0 unspecified atom stereocenters. The number of allylic oxidation sites excluding steroid dienone is 1. The fourth-order valence-electron chi connectivity index (χ4n) is 1.83. The molecule has 0 aromatic carbocycles. The second-order valence-corrected chi connectivity index (χ2v) is 3.61. The lowest BCUT2D eigenvalue weighted by molar-refractivity contribution is -0.00281. The summed E-state index contributed by atoms with van der Waals surface area (Å²) in [5.41, 5.74) is -0.341. The first kappa shape index (κ1) is 8.79. The molecular formula is C10H18O. The van der Waals surface area contributed by atoms with Gasteiger partial charge in [-0.15, -0.1) is 6.58 Å². The molecule has 0 radical (unpaired) electrons. The van der Waals surface area contributed by atoms with E-state index in [9.17, 15) is 5.11 Å². The second kappa shape index (κ2) is 3.91. The first-order chi connectivity index (χ1) is 5.27. The SMILES string of the molecule is C=CCCC1(O)CCCCC1. The first-order valence-corrected chi connectivity index (χ1v) is 4.60. The lowest BCUT2D eigenvalue weighted by Gasteiger charge is -2.31. The van der Waals surface area contributed by atoms with Crippen LogP contribution in [-0.4, -0.2) is 10.7 Å². The zero-order valence-corrected chi connectivity index (χ0v) is 7.18. The maximum atomic E-state index is 9.95. The molecule has 0 aliphatic heterocycles. The molecule has 64 valence electrons. The van der Waals surface area contributed by atoms with Gasteiger partial charge >= 0.3 is 0 Å². The monoisotopic (exact) mass is 154 g/mol. The summed E-state index contributed by atoms with van der Waals surface area (Å²) in [6.45, 7) is 3.67. The summed E-state index contributed by atoms with van der Waals surface area (Å²) in [6.07, 6.45) is 9.47. The fraction of sp³-hybridized carbons (Fsp3) is 0.800. The third-order valence-corrected chi connectivity index (χ3v) is 2.60. The second-order valence-electron chi connectivity index (χ2n) is 3.61. The Bertz CT molecular complexity index is 123. The van der Waals surface area contributed by atoms with Crippen LogP contribution in [0, 0.1) is 0 Å². The van der Waals surface area contributed by atoms with Gasteiger partial charge in [0.1, 0.15) is 0 Å². The molecule has 1 fully saturated rings. The van der Waals surface area contributed by atoms with Gasteiger partial charge < -0.3 is 5.11 Å². The minimum atomic E-state index is -0.341. The normalized spacial score (nSPS) is 23.0. The van der Waals surface area contributed by atoms with Crippen LogP contribution in [-0.2, 0) is 0 Å². The number of rotatable bonds is 3. The van der Waals surface area contributed by atoms with Crippen molar-refractivity contribution in [2.75, 3.05) is 0 Å². The van der Waals surface area contributed by atoms with Crippen LogP contribution in [0.3, 0.4) is 0 Å². The Kier molecular flexibility index (Phi) is 3.13. The molecule has 0 heterocycles. The molecule has 0 spiro atoms. The zero-order valence-electron chi connectivity index (χ0n) is 7.18. The summed E-state index contributed by atoms with van der Waals surface area (Å²) >= 11 is 0. The third-order valence-electron chi connectivity index (χ3n) is 2.60. The van der Waals surface area contributed by atoms with E-state index in [1.54, 1.807) is 0 Å². The van der Waals surface area contributed by atoms with Crippen molar-refractivity contribution in [3.05, 3.63) is 12.7 Å². The van der Waals surface area contributed by atoms with Gasteiger partial charge in [0.15, 0.2) is 0 Å². The van der Waals surface area contributed by atoms with E-state index >= 15 is 0 Å². The van der Waals surface area contributed by atoms with Gasteiger partial charge in [-0.05, 0) is 25.7 Å². The Morgan fingerprint density at radius 1 is 1.27 bits per heavy atom. The molecule has 1 rings (SSSR count). The standard InChI is InChI=1S/C10H18O/c1-2-3-7-10(11)8-5-4-6-9-10/h2,11H,1,3-9H2. The lowest BCUT2D eigenvalue weighted by Crippen LogP contribution is -2.30. The van der Waals surface area contributed by atoms with E-state index in [4.69, 9.17) is 0 Å². The van der Waals surface area contributed by atoms with Crippen LogP contribution >= 0.6 is 0 Å². The first-order valence-electron chi connectivity index (χ1n) is 4.60. The van der Waals surface area contributed by atoms with Gasteiger partial charge in [0.25, 0.3) is 0 Å². The molecule has 1 nitrogen and oxygen atoms in total. The van der Waals surface area contributed by atoms with Crippen molar-refractivity contribution in [3.8, 4) is 0 Å². The minimum absolute atomic E-state index is 0.341. The molecular weight excluding hydrogens is 136 g/mol. The van der Waals surface area contributed by atoms with Crippen LogP contribution in [0.5, 0.6) is 0 Å². The maximum absolute atomic E-state index is 9.95. The largest absolute Gasteiger partial charge is 0.390 e. The molecule has 0 saturated heterocycles. The predicted octanol–water partition coefficient (Wildman–Crippen LogP) is 2.65. The smallest absolute Gasteiger partial charge is 0.0650 e. The lowest BCUT2D eigenvalue weighted by atomic mass is 9.82. The van der Waals surface area contributed by atoms with E-state index in [2.05, 4.69) is 6.58 Å². The topological polar surface area (TPSA) is 20.2 Å². The van der Waals surface area contributed by atoms with Gasteiger partial charge in [0, 0.05) is 0 Å². The highest BCUT2D eigenvalue weighted by Crippen LogP contribution is 2.31. The van der Waals surface area contributed by atoms with Crippen molar-refractivity contribution in [1.29, 1.82) is 0 Å². The summed E-state index contributed by atoms with van der Waals surface area (Å²) in [5.74, 6) is 0. The van der Waals surface area contributed by atoms with E-state index in [-0.39, 0.29) is 5.60 Å². The van der Waals surface area contributed by atoms with Crippen LogP contribution in [0.1, 0.15) is 44.9 Å². The van der Waals surface area contributed by atoms with Gasteiger partial charge in [-0.3, -0.25) is 0 Å². The van der Waals surface area contributed by atoms with Gasteiger partial charge in [-0.2, -0.15) is 0 Å². The maximum Gasteiger partial charge on any atom is 0.0650 e. The minimum Gasteiger partial charge on any atom is -0.390 e. The quantitative estimate of drug-likeness (QED) is 0.619. The van der Waals surface area contributed by atoms with Crippen molar-refractivity contribution in [1.82, 2.24) is 0 Å². The molecule has 0 bridgehead atoms. The molecule has 1 aliphatic rings. The number of hydrogen-bond acceptors (Lipinski definition) is 1. The van der Waals surface area contributed by atoms with Crippen molar-refractivity contribution < 1.29 is 5.11 Å². The highest BCUT2D eigenvalue weighted by molar-refractivity contribution is 4.84. The van der Waals surface area contributed by atoms with E-state index in [1.165, 1.54) is 19.3 Å². The Balaban J connectivity index is 2.30. The van der Waals surface area contributed by atoms with Crippen LogP contribution in [0.2, 0.25) is 0 Å². The van der Waals surface area contributed by atoms with Crippen LogP contribution in [0.15, 0.2) is 12.7 Å². The van der Waals surface area contributed by atoms with Gasteiger partial charge in [-0.1, -0.05) is 25.3 Å². The van der Waals surface area contributed by atoms with Gasteiger partial charge in [0.2, 0.25) is 0 Å². The third kappa shape index (κ3) is 2.66. The van der Waals surface area contributed by atoms with Crippen LogP contribution in [0.25, 0.3) is 0 Å². The molecule has 0 atom stereocenters. The van der Waals surface area contributed by atoms with E-state index < -0.39 is 0 Å². The highest BCUT2D eigenvalue weighted by atomic mass is 16.3. The number of hydrogen-bond donors (Lipinski definition) is 1. The summed E-state index contributed by atoms with van der Waals surface area (Å²) in [5, 5.41) is 9.95. The van der Waals surface area contributed by atoms with Crippen molar-refractivity contribution in [3.63, 3.8) is 0 Å². The average molecular weight is 154 g/mol. The van der Waals surface area contributed by atoms with Crippen molar-refractivity contribution in [2.45, 2.75) is 50.5 Å². The van der Waals surface area contributed by atoms with Crippen LogP contribution < -0.4 is 0 Å². The Morgan fingerprint density at radius 3 is 2.45 bits per heavy atom. The van der Waals surface area contributed by atoms with E-state index in [1.807, 2.05) is 6.08 Å². The summed E-state index contributed by atoms with van der Waals surface area (Å²) in [6, 6.07) is 0. The predicted molar refractivity (Wildman–Crippen MR) is 47.5 cm³/mol. The van der Waals surface area contributed by atoms with E-state index in [0.29, 0.717) is 0 Å². The molecule has 1 N–H and O–H groups in total. The highest BCUT2D eigenvalue weighted by Gasteiger charge is 2.27. The van der Waals surface area contributed by atoms with E-state index in [0.717, 1.165) is 25.7 Å². The van der Waals surface area contributed by atoms with Crippen LogP contribution in [0.4, 0.5) is 0 Å². The molecule has 1 aliphatic carbocycles. The number of aliphatic hydroxyl groups is 1. The fourth-order valence-corrected chi connectivity index (χ4v) is 1.83. The Hall–Kier alpha value is -0.300. The summed E-state index contributed by atoms with van der Waals surface area (Å²) in [4.78, 5) is 0. The van der Waals surface area contributed by atoms with Crippen molar-refractivity contribution in [2.24, 2.45) is 0 Å². The molecule has 0 amide bonds. The Morgan fingerprint density at radius 2 is 1.91 bits per heavy atom. The molecule has 1 saturated carbocycles. The molecule has 0 aromatic rings.